The molecular weight excluding hydrogens is 328 g/mol. The summed E-state index contributed by atoms with van der Waals surface area (Å²) in [7, 11) is 1.94. The second-order valence-corrected chi connectivity index (χ2v) is 5.95. The third-order valence-corrected chi connectivity index (χ3v) is 4.20. The van der Waals surface area contributed by atoms with Gasteiger partial charge >= 0.3 is 0 Å². The van der Waals surface area contributed by atoms with E-state index < -0.39 is 0 Å². The number of nitrogens with one attached hydrogen (secondary N) is 1. The van der Waals surface area contributed by atoms with Crippen LogP contribution in [0.5, 0.6) is 0 Å². The molecule has 0 spiro atoms. The third kappa shape index (κ3) is 4.90. The molecule has 2 aromatic heterocycles. The van der Waals surface area contributed by atoms with Gasteiger partial charge in [-0.2, -0.15) is 4.98 Å². The largest absolute Gasteiger partial charge is 0.354 e. The zero-order valence-electron chi connectivity index (χ0n) is 14.2. The molecule has 1 N–H and O–H groups in total. The summed E-state index contributed by atoms with van der Waals surface area (Å²) in [5, 5.41) is 7.24. The van der Waals surface area contributed by atoms with Crippen molar-refractivity contribution in [1.82, 2.24) is 25.3 Å². The summed E-state index contributed by atoms with van der Waals surface area (Å²) in [6.45, 7) is 6.70. The topological polar surface area (TPSA) is 70.3 Å². The Kier molecular flexibility index (Phi) is 6.96. The van der Waals surface area contributed by atoms with Gasteiger partial charge in [0.25, 0.3) is 0 Å². The quantitative estimate of drug-likeness (QED) is 0.841. The van der Waals surface area contributed by atoms with Crippen LogP contribution in [0.1, 0.15) is 18.6 Å². The average molecular weight is 353 g/mol. The van der Waals surface area contributed by atoms with Gasteiger partial charge in [-0.05, 0) is 26.1 Å². The van der Waals surface area contributed by atoms with E-state index in [-0.39, 0.29) is 12.4 Å². The Balaban J connectivity index is 0.00000208. The van der Waals surface area contributed by atoms with Crippen molar-refractivity contribution in [1.29, 1.82) is 0 Å². The second-order valence-electron chi connectivity index (χ2n) is 5.95. The van der Waals surface area contributed by atoms with Crippen molar-refractivity contribution < 1.29 is 4.52 Å². The molecule has 0 aliphatic carbocycles. The van der Waals surface area contributed by atoms with E-state index in [9.17, 15) is 0 Å². The van der Waals surface area contributed by atoms with E-state index in [0.717, 1.165) is 50.8 Å². The number of nitrogens with zero attached hydrogens (tertiary/aromatic N) is 5. The van der Waals surface area contributed by atoms with Crippen molar-refractivity contribution in [2.75, 3.05) is 38.1 Å². The molecule has 1 atom stereocenters. The first kappa shape index (κ1) is 18.6. The molecular formula is C16H25ClN6O. The standard InChI is InChI=1S/C16H24N6O.ClH/c1-13(17-2)11-14-19-16(23-20-14)12-21-7-9-22(10-8-21)15-5-3-4-6-18-15;/h3-6,13,17H,7-12H2,1-2H3;1H. The Labute approximate surface area is 148 Å². The molecule has 1 saturated heterocycles. The van der Waals surface area contributed by atoms with E-state index in [0.29, 0.717) is 11.9 Å². The molecule has 0 bridgehead atoms. The minimum atomic E-state index is 0. The lowest BCUT2D eigenvalue weighted by Crippen LogP contribution is -2.46. The van der Waals surface area contributed by atoms with Crippen molar-refractivity contribution in [3.63, 3.8) is 0 Å². The third-order valence-electron chi connectivity index (χ3n) is 4.20. The molecule has 7 nitrogen and oxygen atoms in total. The number of likely N-dealkylation sites (N-methyl/N-ethyl adjacent to an activating group) is 1. The molecule has 1 unspecified atom stereocenters. The Morgan fingerprint density at radius 1 is 1.25 bits per heavy atom. The van der Waals surface area contributed by atoms with Gasteiger partial charge in [0.1, 0.15) is 5.82 Å². The monoisotopic (exact) mass is 352 g/mol. The highest BCUT2D eigenvalue weighted by Gasteiger charge is 2.20. The maximum Gasteiger partial charge on any atom is 0.240 e. The Hall–Kier alpha value is -1.70. The minimum absolute atomic E-state index is 0. The van der Waals surface area contributed by atoms with E-state index >= 15 is 0 Å². The fourth-order valence-electron chi connectivity index (χ4n) is 2.68. The van der Waals surface area contributed by atoms with Crippen LogP contribution < -0.4 is 10.2 Å². The lowest BCUT2D eigenvalue weighted by Gasteiger charge is -2.34. The summed E-state index contributed by atoms with van der Waals surface area (Å²) in [6, 6.07) is 6.38. The van der Waals surface area contributed by atoms with Gasteiger partial charge in [0, 0.05) is 44.8 Å². The smallest absolute Gasteiger partial charge is 0.240 e. The molecule has 0 saturated carbocycles. The summed E-state index contributed by atoms with van der Waals surface area (Å²) in [6.07, 6.45) is 2.63. The summed E-state index contributed by atoms with van der Waals surface area (Å²) < 4.78 is 5.37. The van der Waals surface area contributed by atoms with Crippen LogP contribution in [0.25, 0.3) is 0 Å². The number of hydrogen-bond acceptors (Lipinski definition) is 7. The van der Waals surface area contributed by atoms with Crippen LogP contribution in [0, 0.1) is 0 Å². The summed E-state index contributed by atoms with van der Waals surface area (Å²) in [5.41, 5.74) is 0. The first-order chi connectivity index (χ1) is 11.2. The Bertz CT molecular complexity index is 600. The highest BCUT2D eigenvalue weighted by atomic mass is 35.5. The first-order valence-electron chi connectivity index (χ1n) is 8.11. The molecule has 8 heteroatoms. The van der Waals surface area contributed by atoms with Gasteiger partial charge in [-0.1, -0.05) is 11.2 Å². The SMILES string of the molecule is CNC(C)Cc1noc(CN2CCN(c3ccccn3)CC2)n1.Cl. The molecule has 24 heavy (non-hydrogen) atoms. The highest BCUT2D eigenvalue weighted by molar-refractivity contribution is 5.85. The molecule has 0 amide bonds. The Morgan fingerprint density at radius 2 is 2.04 bits per heavy atom. The van der Waals surface area contributed by atoms with Crippen LogP contribution >= 0.6 is 12.4 Å². The van der Waals surface area contributed by atoms with Crippen LogP contribution in [0.15, 0.2) is 28.9 Å². The molecule has 2 aromatic rings. The number of anilines is 1. The number of hydrogen-bond donors (Lipinski definition) is 1. The van der Waals surface area contributed by atoms with E-state index in [1.165, 1.54) is 0 Å². The molecule has 132 valence electrons. The fourth-order valence-corrected chi connectivity index (χ4v) is 2.68. The van der Waals surface area contributed by atoms with Gasteiger partial charge in [-0.25, -0.2) is 4.98 Å². The van der Waals surface area contributed by atoms with Crippen molar-refractivity contribution in [2.24, 2.45) is 0 Å². The predicted octanol–water partition coefficient (Wildman–Crippen LogP) is 1.36. The molecule has 3 heterocycles. The Morgan fingerprint density at radius 3 is 2.71 bits per heavy atom. The van der Waals surface area contributed by atoms with Gasteiger partial charge in [0.05, 0.1) is 6.54 Å². The fraction of sp³-hybridized carbons (Fsp3) is 0.562. The predicted molar refractivity (Wildman–Crippen MR) is 95.5 cm³/mol. The van der Waals surface area contributed by atoms with E-state index in [4.69, 9.17) is 4.52 Å². The van der Waals surface area contributed by atoms with Crippen molar-refractivity contribution in [3.8, 4) is 0 Å². The van der Waals surface area contributed by atoms with Crippen molar-refractivity contribution in [3.05, 3.63) is 36.1 Å². The number of halogens is 1. The maximum absolute atomic E-state index is 5.37. The van der Waals surface area contributed by atoms with E-state index in [1.54, 1.807) is 0 Å². The first-order valence-corrected chi connectivity index (χ1v) is 8.11. The zero-order chi connectivity index (χ0) is 16.1. The maximum atomic E-state index is 5.37. The molecule has 1 aliphatic rings. The molecule has 0 aromatic carbocycles. The van der Waals surface area contributed by atoms with Crippen LogP contribution in [-0.2, 0) is 13.0 Å². The van der Waals surface area contributed by atoms with Crippen molar-refractivity contribution in [2.45, 2.75) is 25.9 Å². The lowest BCUT2D eigenvalue weighted by atomic mass is 10.2. The summed E-state index contributed by atoms with van der Waals surface area (Å²) in [5.74, 6) is 2.52. The van der Waals surface area contributed by atoms with Crippen LogP contribution in [0.3, 0.4) is 0 Å². The number of piperazine rings is 1. The molecule has 1 aliphatic heterocycles. The van der Waals surface area contributed by atoms with E-state index in [2.05, 4.69) is 43.2 Å². The van der Waals surface area contributed by atoms with Gasteiger partial charge in [0.2, 0.25) is 5.89 Å². The van der Waals surface area contributed by atoms with Gasteiger partial charge < -0.3 is 14.7 Å². The van der Waals surface area contributed by atoms with Gasteiger partial charge in [-0.3, -0.25) is 4.90 Å². The molecule has 1 fully saturated rings. The summed E-state index contributed by atoms with van der Waals surface area (Å²) >= 11 is 0. The normalized spacial score (nSPS) is 16.7. The highest BCUT2D eigenvalue weighted by Crippen LogP contribution is 2.14. The number of rotatable bonds is 6. The van der Waals surface area contributed by atoms with Crippen LogP contribution in [-0.4, -0.2) is 59.3 Å². The lowest BCUT2D eigenvalue weighted by molar-refractivity contribution is 0.215. The number of pyridine rings is 1. The van der Waals surface area contributed by atoms with Crippen molar-refractivity contribution >= 4 is 18.2 Å². The average Bonchev–Trinajstić information content (AvgIpc) is 3.03. The number of aromatic nitrogens is 3. The summed E-state index contributed by atoms with van der Waals surface area (Å²) in [4.78, 5) is 13.6. The van der Waals surface area contributed by atoms with Gasteiger partial charge in [0.15, 0.2) is 5.82 Å². The zero-order valence-corrected chi connectivity index (χ0v) is 15.0. The molecule has 0 radical (unpaired) electrons. The van der Waals surface area contributed by atoms with Gasteiger partial charge in [-0.15, -0.1) is 12.4 Å². The van der Waals surface area contributed by atoms with Crippen LogP contribution in [0.4, 0.5) is 5.82 Å². The second kappa shape index (κ2) is 8.96. The minimum Gasteiger partial charge on any atom is -0.354 e. The molecule has 3 rings (SSSR count). The van der Waals surface area contributed by atoms with E-state index in [1.807, 2.05) is 25.4 Å². The van der Waals surface area contributed by atoms with Crippen LogP contribution in [0.2, 0.25) is 0 Å².